The SMILES string of the molecule is OC1CCCCC1C1CCCCN1C1CCCCC1. The molecule has 2 nitrogen and oxygen atoms in total. The number of nitrogens with zero attached hydrogens (tertiary/aromatic N) is 1. The van der Waals surface area contributed by atoms with Crippen LogP contribution < -0.4 is 0 Å². The van der Waals surface area contributed by atoms with Crippen LogP contribution in [-0.4, -0.2) is 34.7 Å². The molecule has 110 valence electrons. The second-order valence-corrected chi connectivity index (χ2v) is 7.11. The van der Waals surface area contributed by atoms with Gasteiger partial charge in [0.1, 0.15) is 0 Å². The zero-order valence-electron chi connectivity index (χ0n) is 12.4. The van der Waals surface area contributed by atoms with Crippen molar-refractivity contribution in [3.63, 3.8) is 0 Å². The smallest absolute Gasteiger partial charge is 0.0583 e. The molecule has 0 amide bonds. The molecule has 3 atom stereocenters. The van der Waals surface area contributed by atoms with Crippen molar-refractivity contribution in [1.82, 2.24) is 4.90 Å². The minimum absolute atomic E-state index is 0.0112. The molecule has 3 fully saturated rings. The fraction of sp³-hybridized carbons (Fsp3) is 1.00. The summed E-state index contributed by atoms with van der Waals surface area (Å²) in [6, 6.07) is 1.54. The van der Waals surface area contributed by atoms with Crippen molar-refractivity contribution in [3.05, 3.63) is 0 Å². The maximum absolute atomic E-state index is 10.4. The molecule has 2 saturated carbocycles. The van der Waals surface area contributed by atoms with E-state index in [4.69, 9.17) is 0 Å². The van der Waals surface area contributed by atoms with Crippen LogP contribution in [0.3, 0.4) is 0 Å². The van der Waals surface area contributed by atoms with Crippen molar-refractivity contribution in [1.29, 1.82) is 0 Å². The van der Waals surface area contributed by atoms with Gasteiger partial charge in [0.2, 0.25) is 0 Å². The minimum Gasteiger partial charge on any atom is -0.393 e. The Labute approximate surface area is 118 Å². The van der Waals surface area contributed by atoms with Gasteiger partial charge >= 0.3 is 0 Å². The number of hydrogen-bond donors (Lipinski definition) is 1. The van der Waals surface area contributed by atoms with E-state index < -0.39 is 0 Å². The zero-order valence-corrected chi connectivity index (χ0v) is 12.4. The van der Waals surface area contributed by atoms with Gasteiger partial charge in [-0.25, -0.2) is 0 Å². The molecule has 0 bridgehead atoms. The fourth-order valence-corrected chi connectivity index (χ4v) is 4.89. The maximum atomic E-state index is 10.4. The molecule has 3 aliphatic rings. The molecule has 3 rings (SSSR count). The molecule has 1 heterocycles. The van der Waals surface area contributed by atoms with Gasteiger partial charge in [-0.2, -0.15) is 0 Å². The molecular weight excluding hydrogens is 234 g/mol. The Morgan fingerprint density at radius 2 is 1.37 bits per heavy atom. The summed E-state index contributed by atoms with van der Waals surface area (Å²) in [5, 5.41) is 10.4. The van der Waals surface area contributed by atoms with E-state index in [-0.39, 0.29) is 6.10 Å². The second-order valence-electron chi connectivity index (χ2n) is 7.11. The second kappa shape index (κ2) is 6.58. The zero-order chi connectivity index (χ0) is 13.1. The predicted molar refractivity (Wildman–Crippen MR) is 79.2 cm³/mol. The molecule has 1 saturated heterocycles. The van der Waals surface area contributed by atoms with Gasteiger partial charge in [0.05, 0.1) is 6.10 Å². The Morgan fingerprint density at radius 1 is 0.684 bits per heavy atom. The summed E-state index contributed by atoms with van der Waals surface area (Å²) in [6.45, 7) is 1.30. The quantitative estimate of drug-likeness (QED) is 0.822. The van der Waals surface area contributed by atoms with Gasteiger partial charge in [-0.05, 0) is 45.1 Å². The lowest BCUT2D eigenvalue weighted by Gasteiger charge is -2.48. The molecule has 0 aromatic carbocycles. The summed E-state index contributed by atoms with van der Waals surface area (Å²) in [6.07, 6.45) is 16.2. The van der Waals surface area contributed by atoms with E-state index in [1.807, 2.05) is 0 Å². The van der Waals surface area contributed by atoms with Crippen LogP contribution in [-0.2, 0) is 0 Å². The Kier molecular flexibility index (Phi) is 4.81. The average Bonchev–Trinajstić information content (AvgIpc) is 2.49. The Bertz CT molecular complexity index is 274. The van der Waals surface area contributed by atoms with Crippen LogP contribution in [0.25, 0.3) is 0 Å². The van der Waals surface area contributed by atoms with Gasteiger partial charge in [0.25, 0.3) is 0 Å². The van der Waals surface area contributed by atoms with E-state index in [1.54, 1.807) is 0 Å². The summed E-state index contributed by atoms with van der Waals surface area (Å²) < 4.78 is 0. The molecule has 0 aromatic rings. The average molecular weight is 265 g/mol. The van der Waals surface area contributed by atoms with Gasteiger partial charge in [-0.3, -0.25) is 4.90 Å². The first kappa shape index (κ1) is 13.9. The summed E-state index contributed by atoms with van der Waals surface area (Å²) in [5.74, 6) is 0.580. The first-order valence-corrected chi connectivity index (χ1v) is 8.80. The molecule has 19 heavy (non-hydrogen) atoms. The first-order chi connectivity index (χ1) is 9.36. The number of hydrogen-bond acceptors (Lipinski definition) is 2. The van der Waals surface area contributed by atoms with E-state index in [0.29, 0.717) is 12.0 Å². The molecule has 2 aliphatic carbocycles. The highest BCUT2D eigenvalue weighted by atomic mass is 16.3. The van der Waals surface area contributed by atoms with Crippen molar-refractivity contribution in [2.24, 2.45) is 5.92 Å². The number of aliphatic hydroxyl groups excluding tert-OH is 1. The molecule has 0 aromatic heterocycles. The summed E-state index contributed by atoms with van der Waals surface area (Å²) >= 11 is 0. The third-order valence-electron chi connectivity index (χ3n) is 5.91. The molecular formula is C17H31NO. The highest BCUT2D eigenvalue weighted by Crippen LogP contribution is 2.37. The van der Waals surface area contributed by atoms with Crippen LogP contribution in [0.1, 0.15) is 77.0 Å². The predicted octanol–water partition coefficient (Wildman–Crippen LogP) is 3.72. The molecule has 0 radical (unpaired) electrons. The van der Waals surface area contributed by atoms with E-state index in [1.165, 1.54) is 77.2 Å². The van der Waals surface area contributed by atoms with Crippen LogP contribution in [0.15, 0.2) is 0 Å². The van der Waals surface area contributed by atoms with E-state index in [0.717, 1.165) is 12.5 Å². The molecule has 0 spiro atoms. The van der Waals surface area contributed by atoms with Crippen LogP contribution in [0.4, 0.5) is 0 Å². The largest absolute Gasteiger partial charge is 0.393 e. The van der Waals surface area contributed by atoms with Gasteiger partial charge in [-0.15, -0.1) is 0 Å². The normalized spacial score (nSPS) is 39.3. The lowest BCUT2D eigenvalue weighted by Crippen LogP contribution is -2.53. The third kappa shape index (κ3) is 3.16. The number of aliphatic hydroxyl groups is 1. The van der Waals surface area contributed by atoms with Crippen molar-refractivity contribution in [2.45, 2.75) is 95.2 Å². The highest BCUT2D eigenvalue weighted by molar-refractivity contribution is 4.92. The maximum Gasteiger partial charge on any atom is 0.0583 e. The molecule has 1 N–H and O–H groups in total. The van der Waals surface area contributed by atoms with Gasteiger partial charge < -0.3 is 5.11 Å². The van der Waals surface area contributed by atoms with Crippen molar-refractivity contribution < 1.29 is 5.11 Å². The van der Waals surface area contributed by atoms with Crippen molar-refractivity contribution >= 4 is 0 Å². The van der Waals surface area contributed by atoms with Crippen LogP contribution >= 0.6 is 0 Å². The molecule has 3 unspecified atom stereocenters. The van der Waals surface area contributed by atoms with Crippen LogP contribution in [0.5, 0.6) is 0 Å². The minimum atomic E-state index is -0.0112. The van der Waals surface area contributed by atoms with Gasteiger partial charge in [0.15, 0.2) is 0 Å². The summed E-state index contributed by atoms with van der Waals surface area (Å²) in [5.41, 5.74) is 0. The lowest BCUT2D eigenvalue weighted by molar-refractivity contribution is -0.0282. The van der Waals surface area contributed by atoms with Crippen molar-refractivity contribution in [3.8, 4) is 0 Å². The fourth-order valence-electron chi connectivity index (χ4n) is 4.89. The molecule has 2 heteroatoms. The Hall–Kier alpha value is -0.0800. The summed E-state index contributed by atoms with van der Waals surface area (Å²) in [4.78, 5) is 2.84. The number of piperidine rings is 1. The van der Waals surface area contributed by atoms with E-state index >= 15 is 0 Å². The van der Waals surface area contributed by atoms with Gasteiger partial charge in [-0.1, -0.05) is 38.5 Å². The highest BCUT2D eigenvalue weighted by Gasteiger charge is 2.38. The van der Waals surface area contributed by atoms with E-state index in [2.05, 4.69) is 4.90 Å². The summed E-state index contributed by atoms with van der Waals surface area (Å²) in [7, 11) is 0. The standard InChI is InChI=1S/C17H31NO/c19-17-12-5-4-10-15(17)16-11-6-7-13-18(16)14-8-2-1-3-9-14/h14-17,19H,1-13H2. The monoisotopic (exact) mass is 265 g/mol. The van der Waals surface area contributed by atoms with Crippen LogP contribution in [0, 0.1) is 5.92 Å². The van der Waals surface area contributed by atoms with E-state index in [9.17, 15) is 5.11 Å². The van der Waals surface area contributed by atoms with Gasteiger partial charge in [0, 0.05) is 18.0 Å². The Morgan fingerprint density at radius 3 is 2.16 bits per heavy atom. The third-order valence-corrected chi connectivity index (χ3v) is 5.91. The topological polar surface area (TPSA) is 23.5 Å². The number of likely N-dealkylation sites (tertiary alicyclic amines) is 1. The van der Waals surface area contributed by atoms with Crippen molar-refractivity contribution in [2.75, 3.05) is 6.54 Å². The first-order valence-electron chi connectivity index (χ1n) is 8.80. The lowest BCUT2D eigenvalue weighted by atomic mass is 9.76. The molecule has 1 aliphatic heterocycles. The Balaban J connectivity index is 1.68. The number of rotatable bonds is 2. The van der Waals surface area contributed by atoms with Crippen LogP contribution in [0.2, 0.25) is 0 Å².